The normalized spacial score (nSPS) is 10.3. The summed E-state index contributed by atoms with van der Waals surface area (Å²) in [5.41, 5.74) is 2.29. The van der Waals surface area contributed by atoms with E-state index < -0.39 is 0 Å². The summed E-state index contributed by atoms with van der Waals surface area (Å²) in [5.74, 6) is -0.882. The van der Waals surface area contributed by atoms with E-state index in [1.807, 2.05) is 0 Å². The van der Waals surface area contributed by atoms with Crippen LogP contribution in [0.2, 0.25) is 0 Å². The van der Waals surface area contributed by atoms with E-state index in [9.17, 15) is 14.0 Å². The van der Waals surface area contributed by atoms with E-state index in [2.05, 4.69) is 10.6 Å². The van der Waals surface area contributed by atoms with Gasteiger partial charge in [-0.2, -0.15) is 0 Å². The second kappa shape index (κ2) is 7.44. The van der Waals surface area contributed by atoms with Crippen LogP contribution in [-0.2, 0) is 6.54 Å². The van der Waals surface area contributed by atoms with Gasteiger partial charge in [-0.1, -0.05) is 12.1 Å². The first kappa shape index (κ1) is 16.4. The molecule has 0 unspecified atom stereocenters. The predicted octanol–water partition coefficient (Wildman–Crippen LogP) is 3.60. The molecular formula is C19H15FN2O3. The molecule has 0 saturated heterocycles. The summed E-state index contributed by atoms with van der Waals surface area (Å²) in [6.07, 6.45) is 2.81. The monoisotopic (exact) mass is 338 g/mol. The number of anilines is 1. The molecule has 0 saturated carbocycles. The maximum atomic E-state index is 12.9. The van der Waals surface area contributed by atoms with Crippen LogP contribution in [0.1, 0.15) is 26.3 Å². The third-order valence-electron chi connectivity index (χ3n) is 3.55. The van der Waals surface area contributed by atoms with E-state index in [4.69, 9.17) is 4.42 Å². The Labute approximate surface area is 143 Å². The zero-order valence-corrected chi connectivity index (χ0v) is 13.2. The summed E-state index contributed by atoms with van der Waals surface area (Å²) in [6.45, 7) is 0.337. The van der Waals surface area contributed by atoms with Gasteiger partial charge in [-0.05, 0) is 48.0 Å². The molecule has 0 aliphatic carbocycles. The molecule has 1 heterocycles. The number of carbonyl (C=O) groups excluding carboxylic acids is 2. The Morgan fingerprint density at radius 1 is 0.880 bits per heavy atom. The average Bonchev–Trinajstić information content (AvgIpc) is 3.17. The van der Waals surface area contributed by atoms with E-state index in [1.165, 1.54) is 36.8 Å². The Balaban J connectivity index is 1.57. The Bertz CT molecular complexity index is 857. The van der Waals surface area contributed by atoms with Crippen LogP contribution in [-0.4, -0.2) is 11.8 Å². The van der Waals surface area contributed by atoms with Crippen molar-refractivity contribution in [3.05, 3.63) is 89.6 Å². The van der Waals surface area contributed by atoms with Gasteiger partial charge in [-0.15, -0.1) is 0 Å². The fraction of sp³-hybridized carbons (Fsp3) is 0.0526. The Morgan fingerprint density at radius 2 is 1.60 bits per heavy atom. The SMILES string of the molecule is O=C(NCc1ccc(C(=O)Nc2ccc(F)cc2)cc1)c1ccoc1. The van der Waals surface area contributed by atoms with E-state index in [-0.39, 0.29) is 17.6 Å². The van der Waals surface area contributed by atoms with Crippen molar-refractivity contribution >= 4 is 17.5 Å². The molecule has 0 fully saturated rings. The van der Waals surface area contributed by atoms with Gasteiger partial charge in [0, 0.05) is 17.8 Å². The average molecular weight is 338 g/mol. The molecule has 3 aromatic rings. The van der Waals surface area contributed by atoms with E-state index >= 15 is 0 Å². The van der Waals surface area contributed by atoms with Crippen LogP contribution in [0, 0.1) is 5.82 Å². The van der Waals surface area contributed by atoms with Crippen molar-refractivity contribution in [2.75, 3.05) is 5.32 Å². The lowest BCUT2D eigenvalue weighted by molar-refractivity contribution is 0.0949. The highest BCUT2D eigenvalue weighted by atomic mass is 19.1. The summed E-state index contributed by atoms with van der Waals surface area (Å²) < 4.78 is 17.7. The first-order chi connectivity index (χ1) is 12.1. The van der Waals surface area contributed by atoms with Gasteiger partial charge in [-0.25, -0.2) is 4.39 Å². The van der Waals surface area contributed by atoms with Crippen LogP contribution in [0.3, 0.4) is 0 Å². The molecule has 0 radical (unpaired) electrons. The van der Waals surface area contributed by atoms with Gasteiger partial charge in [-0.3, -0.25) is 9.59 Å². The Hall–Kier alpha value is -3.41. The Kier molecular flexibility index (Phi) is 4.89. The highest BCUT2D eigenvalue weighted by molar-refractivity contribution is 6.04. The van der Waals surface area contributed by atoms with Crippen molar-refractivity contribution in [1.29, 1.82) is 0 Å². The smallest absolute Gasteiger partial charge is 0.255 e. The van der Waals surface area contributed by atoms with Gasteiger partial charge < -0.3 is 15.1 Å². The number of rotatable bonds is 5. The largest absolute Gasteiger partial charge is 0.472 e. The molecule has 0 bridgehead atoms. The number of carbonyl (C=O) groups is 2. The fourth-order valence-corrected chi connectivity index (χ4v) is 2.19. The van der Waals surface area contributed by atoms with Gasteiger partial charge in [0.25, 0.3) is 11.8 Å². The van der Waals surface area contributed by atoms with Gasteiger partial charge >= 0.3 is 0 Å². The lowest BCUT2D eigenvalue weighted by atomic mass is 10.1. The molecule has 6 heteroatoms. The molecule has 2 amide bonds. The van der Waals surface area contributed by atoms with Crippen molar-refractivity contribution in [3.63, 3.8) is 0 Å². The molecule has 0 spiro atoms. The number of nitrogens with one attached hydrogen (secondary N) is 2. The second-order valence-electron chi connectivity index (χ2n) is 5.35. The minimum absolute atomic E-state index is 0.230. The lowest BCUT2D eigenvalue weighted by Crippen LogP contribution is -2.22. The summed E-state index contributed by atoms with van der Waals surface area (Å²) >= 11 is 0. The van der Waals surface area contributed by atoms with Gasteiger partial charge in [0.2, 0.25) is 0 Å². The first-order valence-electron chi connectivity index (χ1n) is 7.58. The number of hydrogen-bond donors (Lipinski definition) is 2. The number of halogens is 1. The zero-order valence-electron chi connectivity index (χ0n) is 13.2. The molecular weight excluding hydrogens is 323 g/mol. The maximum Gasteiger partial charge on any atom is 0.255 e. The van der Waals surface area contributed by atoms with Crippen LogP contribution < -0.4 is 10.6 Å². The van der Waals surface area contributed by atoms with Crippen LogP contribution in [0.5, 0.6) is 0 Å². The quantitative estimate of drug-likeness (QED) is 0.747. The van der Waals surface area contributed by atoms with Crippen LogP contribution >= 0.6 is 0 Å². The maximum absolute atomic E-state index is 12.9. The minimum Gasteiger partial charge on any atom is -0.472 e. The molecule has 3 rings (SSSR count). The molecule has 2 aromatic carbocycles. The number of hydrogen-bond acceptors (Lipinski definition) is 3. The topological polar surface area (TPSA) is 71.3 Å². The number of furan rings is 1. The van der Waals surface area contributed by atoms with E-state index in [0.29, 0.717) is 23.4 Å². The zero-order chi connectivity index (χ0) is 17.6. The van der Waals surface area contributed by atoms with Crippen LogP contribution in [0.15, 0.2) is 71.5 Å². The fourth-order valence-electron chi connectivity index (χ4n) is 2.19. The second-order valence-corrected chi connectivity index (χ2v) is 5.35. The molecule has 25 heavy (non-hydrogen) atoms. The third kappa shape index (κ3) is 4.32. The van der Waals surface area contributed by atoms with Crippen molar-refractivity contribution in [1.82, 2.24) is 5.32 Å². The van der Waals surface area contributed by atoms with Crippen LogP contribution in [0.25, 0.3) is 0 Å². The third-order valence-corrected chi connectivity index (χ3v) is 3.55. The molecule has 0 aliphatic rings. The molecule has 126 valence electrons. The highest BCUT2D eigenvalue weighted by Gasteiger charge is 2.08. The summed E-state index contributed by atoms with van der Waals surface area (Å²) in [5, 5.41) is 5.45. The van der Waals surface area contributed by atoms with Gasteiger partial charge in [0.1, 0.15) is 12.1 Å². The summed E-state index contributed by atoms with van der Waals surface area (Å²) in [4.78, 5) is 24.0. The Morgan fingerprint density at radius 3 is 2.24 bits per heavy atom. The summed E-state index contributed by atoms with van der Waals surface area (Å²) in [7, 11) is 0. The van der Waals surface area contributed by atoms with Gasteiger partial charge in [0.05, 0.1) is 11.8 Å². The molecule has 0 atom stereocenters. The number of benzene rings is 2. The molecule has 1 aromatic heterocycles. The summed E-state index contributed by atoms with van der Waals surface area (Å²) in [6, 6.07) is 14.0. The van der Waals surface area contributed by atoms with E-state index in [0.717, 1.165) is 5.56 Å². The highest BCUT2D eigenvalue weighted by Crippen LogP contribution is 2.11. The first-order valence-corrected chi connectivity index (χ1v) is 7.58. The lowest BCUT2D eigenvalue weighted by Gasteiger charge is -2.07. The number of amides is 2. The molecule has 0 aliphatic heterocycles. The predicted molar refractivity (Wildman–Crippen MR) is 90.7 cm³/mol. The van der Waals surface area contributed by atoms with Crippen molar-refractivity contribution in [2.24, 2.45) is 0 Å². The van der Waals surface area contributed by atoms with Crippen molar-refractivity contribution in [2.45, 2.75) is 6.54 Å². The van der Waals surface area contributed by atoms with E-state index in [1.54, 1.807) is 30.3 Å². The van der Waals surface area contributed by atoms with Crippen LogP contribution in [0.4, 0.5) is 10.1 Å². The molecule has 5 nitrogen and oxygen atoms in total. The minimum atomic E-state index is -0.361. The molecule has 2 N–H and O–H groups in total. The standard InChI is InChI=1S/C19H15FN2O3/c20-16-5-7-17(8-6-16)22-19(24)14-3-1-13(2-4-14)11-21-18(23)15-9-10-25-12-15/h1-10,12H,11H2,(H,21,23)(H,22,24). The van der Waals surface area contributed by atoms with Crippen molar-refractivity contribution in [3.8, 4) is 0 Å². The van der Waals surface area contributed by atoms with Gasteiger partial charge in [0.15, 0.2) is 0 Å². The van der Waals surface area contributed by atoms with Crippen molar-refractivity contribution < 1.29 is 18.4 Å².